The van der Waals surface area contributed by atoms with Gasteiger partial charge in [-0.15, -0.1) is 5.10 Å². The quantitative estimate of drug-likeness (QED) is 0.393. The van der Waals surface area contributed by atoms with Crippen molar-refractivity contribution >= 4 is 28.7 Å². The molecule has 10 nitrogen and oxygen atoms in total. The number of aromatic nitrogens is 4. The van der Waals surface area contributed by atoms with E-state index in [0.29, 0.717) is 42.0 Å². The minimum atomic E-state index is -0.299. The summed E-state index contributed by atoms with van der Waals surface area (Å²) in [5, 5.41) is 14.3. The van der Waals surface area contributed by atoms with Gasteiger partial charge in [0, 0.05) is 49.3 Å². The van der Waals surface area contributed by atoms with Crippen molar-refractivity contribution in [1.82, 2.24) is 19.6 Å². The Bertz CT molecular complexity index is 996. The van der Waals surface area contributed by atoms with Gasteiger partial charge < -0.3 is 27.4 Å². The lowest BCUT2D eigenvalue weighted by Crippen LogP contribution is -2.33. The fourth-order valence-corrected chi connectivity index (χ4v) is 3.63. The number of nitrogens with zero attached hydrogens (tertiary/aromatic N) is 4. The zero-order valence-corrected chi connectivity index (χ0v) is 16.7. The lowest BCUT2D eigenvalue weighted by molar-refractivity contribution is 0.102. The second kappa shape index (κ2) is 9.06. The zero-order chi connectivity index (χ0) is 20.9. The highest BCUT2D eigenvalue weighted by Crippen LogP contribution is 2.24. The van der Waals surface area contributed by atoms with E-state index in [9.17, 15) is 4.79 Å². The normalized spacial score (nSPS) is 18.9. The number of nitrogens with one attached hydrogen (secondary N) is 3. The van der Waals surface area contributed by atoms with Crippen LogP contribution in [0.5, 0.6) is 0 Å². The van der Waals surface area contributed by atoms with Crippen LogP contribution in [0.4, 0.5) is 17.2 Å². The smallest absolute Gasteiger partial charge is 0.276 e. The summed E-state index contributed by atoms with van der Waals surface area (Å²) in [6, 6.07) is 5.94. The molecule has 1 amide bonds. The molecule has 158 valence electrons. The molecule has 1 aliphatic rings. The maximum Gasteiger partial charge on any atom is 0.276 e. The Morgan fingerprint density at radius 2 is 1.97 bits per heavy atom. The first-order chi connectivity index (χ1) is 14.6. The van der Waals surface area contributed by atoms with Crippen LogP contribution < -0.4 is 27.4 Å². The molecule has 0 atom stereocenters. The van der Waals surface area contributed by atoms with E-state index in [1.54, 1.807) is 29.0 Å². The Kier molecular flexibility index (Phi) is 6.05. The van der Waals surface area contributed by atoms with E-state index in [2.05, 4.69) is 31.0 Å². The summed E-state index contributed by atoms with van der Waals surface area (Å²) in [6.07, 6.45) is 8.73. The zero-order valence-electron chi connectivity index (χ0n) is 16.7. The van der Waals surface area contributed by atoms with Crippen LogP contribution in [0.15, 0.2) is 36.8 Å². The molecule has 0 saturated heterocycles. The molecule has 3 aromatic rings. The van der Waals surface area contributed by atoms with E-state index in [1.165, 1.54) is 6.20 Å². The molecule has 1 fully saturated rings. The van der Waals surface area contributed by atoms with Crippen LogP contribution in [-0.4, -0.2) is 50.7 Å². The van der Waals surface area contributed by atoms with Gasteiger partial charge in [-0.25, -0.2) is 9.50 Å². The Hall–Kier alpha value is -3.24. The number of amides is 1. The van der Waals surface area contributed by atoms with Crippen LogP contribution >= 0.6 is 0 Å². The number of fused-ring (bicyclic) bond motifs is 1. The first-order valence-corrected chi connectivity index (χ1v) is 10.2. The number of carbonyl (C=O) groups is 1. The molecule has 4 rings (SSSR count). The molecule has 3 aromatic heterocycles. The number of imidazole rings is 1. The SMILES string of the molecule is NCCNc1cc(NC2CCC(N)CC2)nn2c(C(=O)Nc3ccncc3)cnc12. The van der Waals surface area contributed by atoms with Crippen LogP contribution in [0.1, 0.15) is 36.2 Å². The molecule has 7 N–H and O–H groups in total. The molecule has 3 heterocycles. The Labute approximate surface area is 174 Å². The largest absolute Gasteiger partial charge is 0.381 e. The van der Waals surface area contributed by atoms with Crippen LogP contribution in [0.2, 0.25) is 0 Å². The lowest BCUT2D eigenvalue weighted by atomic mass is 9.92. The van der Waals surface area contributed by atoms with Gasteiger partial charge in [-0.05, 0) is 37.8 Å². The monoisotopic (exact) mass is 409 g/mol. The maximum atomic E-state index is 12.8. The van der Waals surface area contributed by atoms with Gasteiger partial charge in [0.15, 0.2) is 11.3 Å². The van der Waals surface area contributed by atoms with Crippen molar-refractivity contribution in [3.8, 4) is 0 Å². The van der Waals surface area contributed by atoms with Gasteiger partial charge >= 0.3 is 0 Å². The summed E-state index contributed by atoms with van der Waals surface area (Å²) in [4.78, 5) is 21.2. The third kappa shape index (κ3) is 4.50. The summed E-state index contributed by atoms with van der Waals surface area (Å²) < 4.78 is 1.56. The van der Waals surface area contributed by atoms with Crippen molar-refractivity contribution in [1.29, 1.82) is 0 Å². The van der Waals surface area contributed by atoms with Crippen LogP contribution in [0.25, 0.3) is 5.65 Å². The topological polar surface area (TPSA) is 148 Å². The van der Waals surface area contributed by atoms with E-state index >= 15 is 0 Å². The summed E-state index contributed by atoms with van der Waals surface area (Å²) in [7, 11) is 0. The predicted molar refractivity (Wildman–Crippen MR) is 117 cm³/mol. The summed E-state index contributed by atoms with van der Waals surface area (Å²) in [5.74, 6) is 0.380. The van der Waals surface area contributed by atoms with Gasteiger partial charge in [0.05, 0.1) is 11.9 Å². The summed E-state index contributed by atoms with van der Waals surface area (Å²) in [5.41, 5.74) is 14.0. The highest BCUT2D eigenvalue weighted by Gasteiger charge is 2.21. The summed E-state index contributed by atoms with van der Waals surface area (Å²) >= 11 is 0. The van der Waals surface area contributed by atoms with Crippen LogP contribution in [0, 0.1) is 0 Å². The summed E-state index contributed by atoms with van der Waals surface area (Å²) in [6.45, 7) is 1.07. The number of carbonyl (C=O) groups excluding carboxylic acids is 1. The second-order valence-corrected chi connectivity index (χ2v) is 7.48. The second-order valence-electron chi connectivity index (χ2n) is 7.48. The van der Waals surface area contributed by atoms with Crippen molar-refractivity contribution in [3.63, 3.8) is 0 Å². The molecule has 10 heteroatoms. The molecule has 30 heavy (non-hydrogen) atoms. The van der Waals surface area contributed by atoms with Crippen LogP contribution in [0.3, 0.4) is 0 Å². The fraction of sp³-hybridized carbons (Fsp3) is 0.400. The standard InChI is InChI=1S/C20H27N9O/c21-7-10-24-16-11-18(26-14-3-1-13(22)2-4-14)28-29-17(12-25-19(16)29)20(30)27-15-5-8-23-9-6-15/h5-6,8-9,11-14,24H,1-4,7,10,21-22H2,(H,26,28)(H,23,27,30). The highest BCUT2D eigenvalue weighted by molar-refractivity contribution is 6.03. The Morgan fingerprint density at radius 1 is 1.20 bits per heavy atom. The maximum absolute atomic E-state index is 12.8. The molecule has 0 bridgehead atoms. The number of rotatable bonds is 7. The van der Waals surface area contributed by atoms with E-state index in [0.717, 1.165) is 31.4 Å². The van der Waals surface area contributed by atoms with E-state index < -0.39 is 0 Å². The number of hydrogen-bond acceptors (Lipinski definition) is 8. The fourth-order valence-electron chi connectivity index (χ4n) is 3.63. The average Bonchev–Trinajstić information content (AvgIpc) is 3.19. The van der Waals surface area contributed by atoms with Crippen molar-refractivity contribution in [2.75, 3.05) is 29.0 Å². The van der Waals surface area contributed by atoms with Gasteiger partial charge in [-0.2, -0.15) is 0 Å². The van der Waals surface area contributed by atoms with Gasteiger partial charge in [0.1, 0.15) is 5.82 Å². The number of anilines is 3. The van der Waals surface area contributed by atoms with E-state index in [1.807, 2.05) is 6.07 Å². The van der Waals surface area contributed by atoms with Crippen molar-refractivity contribution in [2.45, 2.75) is 37.8 Å². The molecule has 0 unspecified atom stereocenters. The highest BCUT2D eigenvalue weighted by atomic mass is 16.2. The van der Waals surface area contributed by atoms with Gasteiger partial charge in [-0.1, -0.05) is 0 Å². The van der Waals surface area contributed by atoms with Gasteiger partial charge in [0.25, 0.3) is 5.91 Å². The first-order valence-electron chi connectivity index (χ1n) is 10.2. The van der Waals surface area contributed by atoms with E-state index in [4.69, 9.17) is 11.5 Å². The Morgan fingerprint density at radius 3 is 2.70 bits per heavy atom. The van der Waals surface area contributed by atoms with Crippen molar-refractivity contribution in [3.05, 3.63) is 42.5 Å². The van der Waals surface area contributed by atoms with Crippen LogP contribution in [-0.2, 0) is 0 Å². The predicted octanol–water partition coefficient (Wildman–Crippen LogP) is 1.43. The average molecular weight is 409 g/mol. The minimum Gasteiger partial charge on any atom is -0.381 e. The number of hydrogen-bond donors (Lipinski definition) is 5. The van der Waals surface area contributed by atoms with Gasteiger partial charge in [0.2, 0.25) is 0 Å². The third-order valence-electron chi connectivity index (χ3n) is 5.22. The lowest BCUT2D eigenvalue weighted by Gasteiger charge is -2.27. The molecule has 0 aliphatic heterocycles. The third-order valence-corrected chi connectivity index (χ3v) is 5.22. The molecule has 0 spiro atoms. The van der Waals surface area contributed by atoms with Crippen molar-refractivity contribution < 1.29 is 4.79 Å². The molecular weight excluding hydrogens is 382 g/mol. The minimum absolute atomic E-state index is 0.275. The molecule has 1 aliphatic carbocycles. The molecular formula is C20H27N9O. The van der Waals surface area contributed by atoms with E-state index in [-0.39, 0.29) is 11.9 Å². The molecule has 0 radical (unpaired) electrons. The van der Waals surface area contributed by atoms with Crippen molar-refractivity contribution in [2.24, 2.45) is 11.5 Å². The number of pyridine rings is 1. The van der Waals surface area contributed by atoms with Gasteiger partial charge in [-0.3, -0.25) is 9.78 Å². The Balaban J connectivity index is 1.63. The first kappa shape index (κ1) is 20.0. The molecule has 0 aromatic carbocycles. The number of nitrogens with two attached hydrogens (primary N) is 2. The molecule has 1 saturated carbocycles.